The lowest BCUT2D eigenvalue weighted by molar-refractivity contribution is -0.0881. The zero-order valence-corrected chi connectivity index (χ0v) is 5.52. The summed E-state index contributed by atoms with van der Waals surface area (Å²) in [5.41, 5.74) is 1.88. The predicted molar refractivity (Wildman–Crippen MR) is 35.9 cm³/mol. The van der Waals surface area contributed by atoms with Crippen LogP contribution in [0.2, 0.25) is 0 Å². The first-order chi connectivity index (χ1) is 5.11. The second kappa shape index (κ2) is 2.81. The van der Waals surface area contributed by atoms with Crippen LogP contribution in [0.4, 0.5) is 13.2 Å². The van der Waals surface area contributed by atoms with E-state index in [-0.39, 0.29) is 0 Å². The molecule has 11 heavy (non-hydrogen) atoms. The summed E-state index contributed by atoms with van der Waals surface area (Å²) in [5, 5.41) is 0. The standard InChI is InChI=1S/C8H5F3/c9-8(10,11)7-5-3-1-2-4-6-7/h1,3-6H. The molecule has 0 aromatic carbocycles. The molecule has 0 heterocycles. The monoisotopic (exact) mass is 158 g/mol. The van der Waals surface area contributed by atoms with Crippen molar-refractivity contribution in [3.63, 3.8) is 0 Å². The van der Waals surface area contributed by atoms with E-state index in [1.165, 1.54) is 18.2 Å². The second-order valence-corrected chi connectivity index (χ2v) is 1.98. The van der Waals surface area contributed by atoms with Crippen LogP contribution in [0.1, 0.15) is 0 Å². The van der Waals surface area contributed by atoms with E-state index in [2.05, 4.69) is 5.73 Å². The maximum atomic E-state index is 11.9. The van der Waals surface area contributed by atoms with Crippen molar-refractivity contribution in [1.82, 2.24) is 0 Å². The lowest BCUT2D eigenvalue weighted by Gasteiger charge is -2.04. The van der Waals surface area contributed by atoms with Crippen molar-refractivity contribution in [3.8, 4) is 0 Å². The second-order valence-electron chi connectivity index (χ2n) is 1.98. The third-order valence-corrected chi connectivity index (χ3v) is 1.15. The van der Waals surface area contributed by atoms with Gasteiger partial charge in [-0.15, -0.1) is 5.73 Å². The fourth-order valence-corrected chi connectivity index (χ4v) is 0.645. The number of allylic oxidation sites excluding steroid dienone is 5. The van der Waals surface area contributed by atoms with Crippen LogP contribution in [0, 0.1) is 0 Å². The number of halogens is 3. The fourth-order valence-electron chi connectivity index (χ4n) is 0.645. The minimum atomic E-state index is -4.26. The Kier molecular flexibility index (Phi) is 2.01. The Morgan fingerprint density at radius 2 is 1.91 bits per heavy atom. The van der Waals surface area contributed by atoms with Gasteiger partial charge in [0.25, 0.3) is 0 Å². The minimum absolute atomic E-state index is 0.654. The topological polar surface area (TPSA) is 0 Å². The zero-order chi connectivity index (χ0) is 8.32. The number of hydrogen-bond donors (Lipinski definition) is 0. The van der Waals surface area contributed by atoms with E-state index in [4.69, 9.17) is 0 Å². The third-order valence-electron chi connectivity index (χ3n) is 1.15. The molecule has 0 amide bonds. The van der Waals surface area contributed by atoms with Gasteiger partial charge in [-0.1, -0.05) is 6.08 Å². The van der Waals surface area contributed by atoms with Gasteiger partial charge in [-0.2, -0.15) is 13.2 Å². The SMILES string of the molecule is FC(F)(F)C1=CC=C=CC=C1. The number of alkyl halides is 3. The average molecular weight is 158 g/mol. The van der Waals surface area contributed by atoms with Crippen LogP contribution >= 0.6 is 0 Å². The first-order valence-electron chi connectivity index (χ1n) is 2.97. The normalized spacial score (nSPS) is 16.5. The molecule has 1 rings (SSSR count). The molecule has 0 radical (unpaired) electrons. The molecule has 0 aromatic rings. The Morgan fingerprint density at radius 1 is 1.18 bits per heavy atom. The van der Waals surface area contributed by atoms with Crippen molar-refractivity contribution in [2.45, 2.75) is 6.18 Å². The summed E-state index contributed by atoms with van der Waals surface area (Å²) in [4.78, 5) is 0. The Hall–Kier alpha value is -1.21. The molecule has 0 aliphatic heterocycles. The number of rotatable bonds is 0. The first-order valence-corrected chi connectivity index (χ1v) is 2.97. The smallest absolute Gasteiger partial charge is 0.166 e. The van der Waals surface area contributed by atoms with Crippen molar-refractivity contribution in [2.75, 3.05) is 0 Å². The predicted octanol–water partition coefficient (Wildman–Crippen LogP) is 2.76. The van der Waals surface area contributed by atoms with Gasteiger partial charge in [0, 0.05) is 0 Å². The molecule has 0 aromatic heterocycles. The molecule has 1 aliphatic carbocycles. The van der Waals surface area contributed by atoms with E-state index in [1.54, 1.807) is 0 Å². The Labute approximate surface area is 62.0 Å². The molecule has 0 bridgehead atoms. The van der Waals surface area contributed by atoms with Crippen LogP contribution in [0.25, 0.3) is 0 Å². The molecule has 0 nitrogen and oxygen atoms in total. The summed E-state index contributed by atoms with van der Waals surface area (Å²) in [5.74, 6) is 0. The van der Waals surface area contributed by atoms with Crippen molar-refractivity contribution in [1.29, 1.82) is 0 Å². The van der Waals surface area contributed by atoms with Gasteiger partial charge in [-0.05, 0) is 24.3 Å². The van der Waals surface area contributed by atoms with Crippen LogP contribution in [-0.4, -0.2) is 6.18 Å². The van der Waals surface area contributed by atoms with E-state index in [1.807, 2.05) is 0 Å². The first kappa shape index (κ1) is 7.89. The summed E-state index contributed by atoms with van der Waals surface area (Å²) in [6.07, 6.45) is 1.71. The van der Waals surface area contributed by atoms with Crippen molar-refractivity contribution in [2.24, 2.45) is 0 Å². The quantitative estimate of drug-likeness (QED) is 0.475. The summed E-state index contributed by atoms with van der Waals surface area (Å²) in [6, 6.07) is 0. The van der Waals surface area contributed by atoms with Crippen LogP contribution < -0.4 is 0 Å². The highest BCUT2D eigenvalue weighted by Gasteiger charge is 2.31. The molecule has 0 atom stereocenters. The molecule has 3 heteroatoms. The zero-order valence-electron chi connectivity index (χ0n) is 5.52. The van der Waals surface area contributed by atoms with Crippen molar-refractivity contribution >= 4 is 0 Å². The lowest BCUT2D eigenvalue weighted by atomic mass is 10.2. The Morgan fingerprint density at radius 3 is 2.55 bits per heavy atom. The summed E-state index contributed by atoms with van der Waals surface area (Å²) < 4.78 is 35.8. The third kappa shape index (κ3) is 2.13. The van der Waals surface area contributed by atoms with Crippen LogP contribution in [-0.2, 0) is 0 Å². The van der Waals surface area contributed by atoms with Crippen LogP contribution in [0.15, 0.2) is 41.7 Å². The van der Waals surface area contributed by atoms with E-state index in [9.17, 15) is 13.2 Å². The molecular weight excluding hydrogens is 153 g/mol. The molecule has 0 saturated heterocycles. The maximum absolute atomic E-state index is 11.9. The molecule has 1 aliphatic rings. The summed E-state index contributed by atoms with van der Waals surface area (Å²) in [7, 11) is 0. The largest absolute Gasteiger partial charge is 0.416 e. The molecule has 0 N–H and O–H groups in total. The van der Waals surface area contributed by atoms with E-state index >= 15 is 0 Å². The Balaban J connectivity index is 2.93. The van der Waals surface area contributed by atoms with Gasteiger partial charge < -0.3 is 0 Å². The molecule has 58 valence electrons. The molecule has 0 saturated carbocycles. The average Bonchev–Trinajstić information content (AvgIpc) is 2.10. The van der Waals surface area contributed by atoms with Gasteiger partial charge in [0.15, 0.2) is 0 Å². The highest BCUT2D eigenvalue weighted by atomic mass is 19.4. The highest BCUT2D eigenvalue weighted by Crippen LogP contribution is 2.26. The van der Waals surface area contributed by atoms with Crippen LogP contribution in [0.3, 0.4) is 0 Å². The van der Waals surface area contributed by atoms with Gasteiger partial charge in [0.2, 0.25) is 0 Å². The maximum Gasteiger partial charge on any atom is 0.416 e. The van der Waals surface area contributed by atoms with Crippen molar-refractivity contribution < 1.29 is 13.2 Å². The van der Waals surface area contributed by atoms with Gasteiger partial charge in [-0.3, -0.25) is 0 Å². The van der Waals surface area contributed by atoms with Gasteiger partial charge >= 0.3 is 6.18 Å². The lowest BCUT2D eigenvalue weighted by Crippen LogP contribution is -2.09. The minimum Gasteiger partial charge on any atom is -0.166 e. The van der Waals surface area contributed by atoms with Gasteiger partial charge in [0.05, 0.1) is 5.57 Å². The summed E-state index contributed by atoms with van der Waals surface area (Å²) in [6.45, 7) is 0. The fraction of sp³-hybridized carbons (Fsp3) is 0.125. The van der Waals surface area contributed by atoms with E-state index < -0.39 is 11.7 Å². The Bertz CT molecular complexity index is 260. The van der Waals surface area contributed by atoms with Gasteiger partial charge in [0.1, 0.15) is 0 Å². The molecule has 0 spiro atoms. The van der Waals surface area contributed by atoms with E-state index in [0.717, 1.165) is 12.2 Å². The molecular formula is C8H5F3. The molecule has 0 fully saturated rings. The van der Waals surface area contributed by atoms with Crippen molar-refractivity contribution in [3.05, 3.63) is 41.7 Å². The highest BCUT2D eigenvalue weighted by molar-refractivity contribution is 5.32. The summed E-state index contributed by atoms with van der Waals surface area (Å²) >= 11 is 0. The van der Waals surface area contributed by atoms with E-state index in [0.29, 0.717) is 0 Å². The van der Waals surface area contributed by atoms with Gasteiger partial charge in [-0.25, -0.2) is 0 Å². The number of hydrogen-bond acceptors (Lipinski definition) is 0. The van der Waals surface area contributed by atoms with Crippen LogP contribution in [0.5, 0.6) is 0 Å². The molecule has 0 unspecified atom stereocenters.